The molecular formula is C69H115NO8. The fourth-order valence-electron chi connectivity index (χ4n) is 9.07. The van der Waals surface area contributed by atoms with Crippen molar-refractivity contribution in [1.82, 2.24) is 5.32 Å². The number of unbranched alkanes of at least 4 members (excludes halogenated alkanes) is 22. The second-order valence-electron chi connectivity index (χ2n) is 21.1. The number of rotatable bonds is 52. The third-order valence-corrected chi connectivity index (χ3v) is 14.0. The van der Waals surface area contributed by atoms with E-state index in [-0.39, 0.29) is 12.5 Å². The number of nitrogens with one attached hydrogen (secondary N) is 1. The molecule has 9 heteroatoms. The molecule has 6 N–H and O–H groups in total. The minimum absolute atomic E-state index is 0.205. The van der Waals surface area contributed by atoms with Gasteiger partial charge in [0.15, 0.2) is 6.29 Å². The molecule has 0 aromatic rings. The number of aliphatic hydroxyl groups is 5. The Balaban J connectivity index is 2.24. The van der Waals surface area contributed by atoms with Crippen LogP contribution in [0.25, 0.3) is 0 Å². The lowest BCUT2D eigenvalue weighted by Crippen LogP contribution is -2.60. The Bertz CT molecular complexity index is 1690. The molecule has 7 atom stereocenters. The minimum atomic E-state index is -1.58. The number of aliphatic hydroxyl groups excluding tert-OH is 5. The third-order valence-electron chi connectivity index (χ3n) is 14.0. The minimum Gasteiger partial charge on any atom is -0.394 e. The normalized spacial score (nSPS) is 19.6. The van der Waals surface area contributed by atoms with Gasteiger partial charge in [-0.25, -0.2) is 0 Å². The summed E-state index contributed by atoms with van der Waals surface area (Å²) in [6.45, 7) is 3.65. The van der Waals surface area contributed by atoms with Crippen molar-refractivity contribution in [2.45, 2.75) is 281 Å². The molecule has 1 heterocycles. The highest BCUT2D eigenvalue weighted by Gasteiger charge is 2.44. The topological polar surface area (TPSA) is 149 Å². The first kappa shape index (κ1) is 72.3. The van der Waals surface area contributed by atoms with E-state index < -0.39 is 49.5 Å². The summed E-state index contributed by atoms with van der Waals surface area (Å²) in [6.07, 6.45) is 79.4. The number of allylic oxidation sites excluding steroid dienone is 21. The van der Waals surface area contributed by atoms with E-state index in [4.69, 9.17) is 9.47 Å². The van der Waals surface area contributed by atoms with E-state index >= 15 is 0 Å². The van der Waals surface area contributed by atoms with Gasteiger partial charge in [-0.05, 0) is 96.3 Å². The Morgan fingerprint density at radius 3 is 1.18 bits per heavy atom. The average Bonchev–Trinajstić information content (AvgIpc) is 3.45. The molecule has 7 unspecified atom stereocenters. The Hall–Kier alpha value is -3.67. The number of hydrogen-bond donors (Lipinski definition) is 6. The Morgan fingerprint density at radius 1 is 0.449 bits per heavy atom. The van der Waals surface area contributed by atoms with Crippen LogP contribution in [0.4, 0.5) is 0 Å². The third kappa shape index (κ3) is 45.1. The second-order valence-corrected chi connectivity index (χ2v) is 21.1. The van der Waals surface area contributed by atoms with Crippen LogP contribution in [0.1, 0.15) is 239 Å². The molecule has 0 saturated carbocycles. The maximum atomic E-state index is 13.1. The van der Waals surface area contributed by atoms with Crippen LogP contribution in [-0.2, 0) is 14.3 Å². The van der Waals surface area contributed by atoms with Gasteiger partial charge in [-0.15, -0.1) is 0 Å². The predicted octanol–water partition coefficient (Wildman–Crippen LogP) is 16.5. The van der Waals surface area contributed by atoms with Crippen LogP contribution >= 0.6 is 0 Å². The van der Waals surface area contributed by atoms with Crippen LogP contribution in [0.15, 0.2) is 134 Å². The number of hydrogen-bond acceptors (Lipinski definition) is 8. The molecule has 78 heavy (non-hydrogen) atoms. The first-order chi connectivity index (χ1) is 38.3. The molecule has 1 aliphatic heterocycles. The quantitative estimate of drug-likeness (QED) is 0.0261. The van der Waals surface area contributed by atoms with E-state index in [2.05, 4.69) is 141 Å². The second kappa shape index (κ2) is 56.6. The summed E-state index contributed by atoms with van der Waals surface area (Å²) in [7, 11) is 0. The van der Waals surface area contributed by atoms with Gasteiger partial charge in [0.1, 0.15) is 24.4 Å². The number of ether oxygens (including phenoxy) is 2. The smallest absolute Gasteiger partial charge is 0.220 e. The van der Waals surface area contributed by atoms with Crippen molar-refractivity contribution >= 4 is 5.91 Å². The van der Waals surface area contributed by atoms with Crippen molar-refractivity contribution in [2.75, 3.05) is 13.2 Å². The Labute approximate surface area is 477 Å². The summed E-state index contributed by atoms with van der Waals surface area (Å²) in [4.78, 5) is 13.1. The monoisotopic (exact) mass is 1090 g/mol. The number of carbonyl (C=O) groups is 1. The number of amides is 1. The van der Waals surface area contributed by atoms with Gasteiger partial charge in [0, 0.05) is 6.42 Å². The van der Waals surface area contributed by atoms with Crippen molar-refractivity contribution in [3.8, 4) is 0 Å². The summed E-state index contributed by atoms with van der Waals surface area (Å²) >= 11 is 0. The van der Waals surface area contributed by atoms with E-state index in [1.54, 1.807) is 6.08 Å². The SMILES string of the molecule is CC/C=C\C/C=C\C/C=C\C/C=C\C/C=C\C/C=C\C/C=C\C/C=C\C/C=C\C/C=C\CCCCCCC(=O)NC(COC1OC(CO)C(O)C(O)C1O)C(O)/C=C/CCCCCCCCCCCCCCCCCCCC. The zero-order chi connectivity index (χ0) is 56.5. The van der Waals surface area contributed by atoms with Gasteiger partial charge in [-0.3, -0.25) is 4.79 Å². The van der Waals surface area contributed by atoms with E-state index in [0.717, 1.165) is 116 Å². The zero-order valence-electron chi connectivity index (χ0n) is 49.4. The van der Waals surface area contributed by atoms with Gasteiger partial charge in [-0.1, -0.05) is 270 Å². The molecule has 1 saturated heterocycles. The maximum absolute atomic E-state index is 13.1. The van der Waals surface area contributed by atoms with Gasteiger partial charge in [0.05, 0.1) is 25.4 Å². The standard InChI is InChI=1S/C69H115NO8/c1-3-5-7-9-11-13-15-17-19-21-23-25-26-27-28-29-30-31-32-33-34-35-36-37-38-39-41-43-45-47-49-51-53-55-57-59-65(73)70-62(61-77-69-68(76)67(75)66(74)64(60-71)78-69)63(72)58-56-54-52-50-48-46-44-42-40-24-22-20-18-16-14-12-10-8-6-4-2/h5,7,11,13,17,19,23,25,27-28,30-31,33-34,36-37,39,41,45,47,56,58,62-64,66-69,71-72,74-76H,3-4,6,8-10,12,14-16,18,20-22,24,26,29,32,35,38,40,42-44,46,48-55,57,59-61H2,1-2H3,(H,70,73)/b7-5-,13-11-,19-17-,25-23-,28-27-,31-30-,34-33-,37-36-,41-39-,47-45-,58-56+. The van der Waals surface area contributed by atoms with Gasteiger partial charge in [0.25, 0.3) is 0 Å². The summed E-state index contributed by atoms with van der Waals surface area (Å²) < 4.78 is 11.3. The van der Waals surface area contributed by atoms with Crippen LogP contribution in [0.3, 0.4) is 0 Å². The molecule has 1 rings (SSSR count). The average molecular weight is 1090 g/mol. The van der Waals surface area contributed by atoms with Gasteiger partial charge in [-0.2, -0.15) is 0 Å². The van der Waals surface area contributed by atoms with Crippen LogP contribution < -0.4 is 5.32 Å². The van der Waals surface area contributed by atoms with E-state index in [0.29, 0.717) is 6.42 Å². The summed E-state index contributed by atoms with van der Waals surface area (Å²) in [5, 5.41) is 54.6. The maximum Gasteiger partial charge on any atom is 0.220 e. The molecule has 0 aromatic heterocycles. The highest BCUT2D eigenvalue weighted by molar-refractivity contribution is 5.76. The summed E-state index contributed by atoms with van der Waals surface area (Å²) in [6, 6.07) is -0.830. The summed E-state index contributed by atoms with van der Waals surface area (Å²) in [5.74, 6) is -0.205. The highest BCUT2D eigenvalue weighted by atomic mass is 16.7. The van der Waals surface area contributed by atoms with Crippen LogP contribution in [0, 0.1) is 0 Å². The molecule has 444 valence electrons. The number of carbonyl (C=O) groups excluding carboxylic acids is 1. The van der Waals surface area contributed by atoms with Gasteiger partial charge >= 0.3 is 0 Å². The Kier molecular flexibility index (Phi) is 52.5. The Morgan fingerprint density at radius 2 is 0.795 bits per heavy atom. The summed E-state index contributed by atoms with van der Waals surface area (Å²) in [5.41, 5.74) is 0. The predicted molar refractivity (Wildman–Crippen MR) is 331 cm³/mol. The fraction of sp³-hybridized carbons (Fsp3) is 0.667. The van der Waals surface area contributed by atoms with Gasteiger partial charge in [0.2, 0.25) is 5.91 Å². The molecule has 1 fully saturated rings. The lowest BCUT2D eigenvalue weighted by atomic mass is 9.99. The molecule has 9 nitrogen and oxygen atoms in total. The van der Waals surface area contributed by atoms with Crippen molar-refractivity contribution < 1.29 is 39.8 Å². The molecule has 1 aliphatic rings. The molecular weight excluding hydrogens is 971 g/mol. The van der Waals surface area contributed by atoms with Crippen molar-refractivity contribution in [3.63, 3.8) is 0 Å². The van der Waals surface area contributed by atoms with Crippen LogP contribution in [-0.4, -0.2) is 87.5 Å². The van der Waals surface area contributed by atoms with Crippen LogP contribution in [0.5, 0.6) is 0 Å². The van der Waals surface area contributed by atoms with E-state index in [1.807, 2.05) is 6.08 Å². The van der Waals surface area contributed by atoms with Crippen molar-refractivity contribution in [1.29, 1.82) is 0 Å². The molecule has 0 aromatic carbocycles. The lowest BCUT2D eigenvalue weighted by molar-refractivity contribution is -0.302. The molecule has 1 amide bonds. The molecule has 0 bridgehead atoms. The van der Waals surface area contributed by atoms with E-state index in [1.165, 1.54) is 103 Å². The molecule has 0 aliphatic carbocycles. The molecule has 0 spiro atoms. The largest absolute Gasteiger partial charge is 0.394 e. The van der Waals surface area contributed by atoms with Crippen molar-refractivity contribution in [3.05, 3.63) is 134 Å². The fourth-order valence-corrected chi connectivity index (χ4v) is 9.07. The highest BCUT2D eigenvalue weighted by Crippen LogP contribution is 2.23. The lowest BCUT2D eigenvalue weighted by Gasteiger charge is -2.40. The first-order valence-electron chi connectivity index (χ1n) is 31.4. The molecule has 0 radical (unpaired) electrons. The van der Waals surface area contributed by atoms with E-state index in [9.17, 15) is 30.3 Å². The van der Waals surface area contributed by atoms with Crippen LogP contribution in [0.2, 0.25) is 0 Å². The zero-order valence-corrected chi connectivity index (χ0v) is 49.4. The van der Waals surface area contributed by atoms with Gasteiger partial charge < -0.3 is 40.3 Å². The van der Waals surface area contributed by atoms with Crippen molar-refractivity contribution in [2.24, 2.45) is 0 Å². The first-order valence-corrected chi connectivity index (χ1v) is 31.4.